The second kappa shape index (κ2) is 10.4. The summed E-state index contributed by atoms with van der Waals surface area (Å²) in [6.07, 6.45) is 6.53. The lowest BCUT2D eigenvalue weighted by molar-refractivity contribution is 0.103. The maximum Gasteiger partial charge on any atom is 0.232 e. The number of sulfonamides is 1. The number of piperazine rings is 1. The van der Waals surface area contributed by atoms with E-state index in [9.17, 15) is 17.6 Å². The summed E-state index contributed by atoms with van der Waals surface area (Å²) in [5.41, 5.74) is 0.234. The molecular formula is C25H25F2N7O3S. The van der Waals surface area contributed by atoms with Gasteiger partial charge in [-0.3, -0.25) is 9.52 Å². The zero-order valence-corrected chi connectivity index (χ0v) is 21.3. The second-order valence-corrected chi connectivity index (χ2v) is 10.7. The van der Waals surface area contributed by atoms with E-state index in [0.29, 0.717) is 34.5 Å². The summed E-state index contributed by atoms with van der Waals surface area (Å²) in [6, 6.07) is 3.47. The molecule has 3 aromatic heterocycles. The van der Waals surface area contributed by atoms with E-state index < -0.39 is 38.7 Å². The van der Waals surface area contributed by atoms with Crippen LogP contribution in [0.5, 0.6) is 0 Å². The van der Waals surface area contributed by atoms with Crippen LogP contribution in [0.15, 0.2) is 43.0 Å². The number of H-pyrrole nitrogens is 1. The third-order valence-corrected chi connectivity index (χ3v) is 7.68. The molecule has 5 rings (SSSR count). The molecule has 0 radical (unpaired) electrons. The van der Waals surface area contributed by atoms with Crippen molar-refractivity contribution in [1.82, 2.24) is 25.3 Å². The topological polar surface area (TPSA) is 133 Å². The molecule has 1 fully saturated rings. The fraction of sp³-hybridized carbons (Fsp3) is 0.280. The summed E-state index contributed by atoms with van der Waals surface area (Å²) in [4.78, 5) is 31.5. The van der Waals surface area contributed by atoms with Crippen LogP contribution in [0.4, 0.5) is 20.4 Å². The molecule has 0 spiro atoms. The van der Waals surface area contributed by atoms with Crippen molar-refractivity contribution in [1.29, 1.82) is 0 Å². The summed E-state index contributed by atoms with van der Waals surface area (Å²) in [7, 11) is -3.86. The van der Waals surface area contributed by atoms with Gasteiger partial charge in [0.05, 0.1) is 17.0 Å². The fourth-order valence-corrected chi connectivity index (χ4v) is 5.44. The van der Waals surface area contributed by atoms with Gasteiger partial charge in [-0.15, -0.1) is 0 Å². The number of hydrogen-bond donors (Lipinski definition) is 3. The van der Waals surface area contributed by atoms with E-state index in [2.05, 4.69) is 34.9 Å². The number of carbonyl (C=O) groups is 1. The van der Waals surface area contributed by atoms with Crippen LogP contribution in [0.3, 0.4) is 0 Å². The van der Waals surface area contributed by atoms with E-state index in [-0.39, 0.29) is 11.3 Å². The molecule has 1 saturated heterocycles. The van der Waals surface area contributed by atoms with Gasteiger partial charge < -0.3 is 15.2 Å². The Morgan fingerprint density at radius 1 is 1.08 bits per heavy atom. The predicted octanol–water partition coefficient (Wildman–Crippen LogP) is 3.09. The average molecular weight is 542 g/mol. The third kappa shape index (κ3) is 5.07. The number of anilines is 2. The van der Waals surface area contributed by atoms with Crippen molar-refractivity contribution < 1.29 is 22.0 Å². The van der Waals surface area contributed by atoms with Crippen LogP contribution in [-0.4, -0.2) is 66.1 Å². The van der Waals surface area contributed by atoms with Crippen LogP contribution in [-0.2, 0) is 10.0 Å². The van der Waals surface area contributed by atoms with Gasteiger partial charge in [0.25, 0.3) is 0 Å². The van der Waals surface area contributed by atoms with Crippen molar-refractivity contribution >= 4 is 38.5 Å². The minimum absolute atomic E-state index is 0.0147. The number of halogens is 2. The minimum atomic E-state index is -3.86. The van der Waals surface area contributed by atoms with Crippen molar-refractivity contribution in [2.24, 2.45) is 0 Å². The molecule has 0 saturated carbocycles. The first kappa shape index (κ1) is 25.7. The van der Waals surface area contributed by atoms with Gasteiger partial charge in [0.1, 0.15) is 11.5 Å². The van der Waals surface area contributed by atoms with E-state index in [0.717, 1.165) is 38.3 Å². The highest BCUT2D eigenvalue weighted by Gasteiger charge is 2.26. The summed E-state index contributed by atoms with van der Waals surface area (Å²) in [5, 5.41) is 3.62. The van der Waals surface area contributed by atoms with E-state index in [1.807, 2.05) is 0 Å². The number of nitrogens with zero attached hydrogens (tertiary/aromatic N) is 4. The Hall–Kier alpha value is -3.97. The Kier molecular flexibility index (Phi) is 7.04. The van der Waals surface area contributed by atoms with Crippen molar-refractivity contribution in [2.75, 3.05) is 41.6 Å². The molecule has 3 N–H and O–H groups in total. The molecule has 1 aliphatic heterocycles. The zero-order chi connectivity index (χ0) is 26.9. The maximum absolute atomic E-state index is 15.2. The Morgan fingerprint density at radius 3 is 2.50 bits per heavy atom. The third-order valence-electron chi connectivity index (χ3n) is 6.20. The van der Waals surface area contributed by atoms with Crippen molar-refractivity contribution in [3.8, 4) is 11.1 Å². The zero-order valence-electron chi connectivity index (χ0n) is 20.5. The van der Waals surface area contributed by atoms with Gasteiger partial charge in [0, 0.05) is 73.0 Å². The summed E-state index contributed by atoms with van der Waals surface area (Å²) in [5.74, 6) is -2.98. The molecule has 4 heterocycles. The molecule has 13 heteroatoms. The number of aromatic amines is 1. The van der Waals surface area contributed by atoms with E-state index >= 15 is 4.39 Å². The molecular weight excluding hydrogens is 516 g/mol. The number of carbonyl (C=O) groups excluding carboxylic acids is 1. The molecule has 1 aromatic carbocycles. The molecule has 0 amide bonds. The first-order valence-electron chi connectivity index (χ1n) is 12.1. The smallest absolute Gasteiger partial charge is 0.232 e. The quantitative estimate of drug-likeness (QED) is 0.290. The van der Waals surface area contributed by atoms with Gasteiger partial charge >= 0.3 is 0 Å². The van der Waals surface area contributed by atoms with Crippen LogP contribution < -0.4 is 14.9 Å². The van der Waals surface area contributed by atoms with Crippen LogP contribution in [0.25, 0.3) is 22.2 Å². The molecule has 4 aromatic rings. The number of ketones is 1. The SMILES string of the molecule is CCCS(=O)(=O)Nc1ccc(F)c(C(=O)c2c[nH]c3ncc(-c4cnc(N5CCNCC5)nc4)cc23)c1F. The Morgan fingerprint density at radius 2 is 1.79 bits per heavy atom. The maximum atomic E-state index is 15.2. The lowest BCUT2D eigenvalue weighted by Gasteiger charge is -2.27. The Labute approximate surface area is 217 Å². The molecule has 0 atom stereocenters. The van der Waals surface area contributed by atoms with Gasteiger partial charge in [0.2, 0.25) is 21.8 Å². The highest BCUT2D eigenvalue weighted by molar-refractivity contribution is 7.92. The largest absolute Gasteiger partial charge is 0.345 e. The molecule has 1 aliphatic rings. The normalized spacial score (nSPS) is 14.1. The molecule has 0 aliphatic carbocycles. The highest BCUT2D eigenvalue weighted by Crippen LogP contribution is 2.29. The first-order valence-corrected chi connectivity index (χ1v) is 13.7. The summed E-state index contributed by atoms with van der Waals surface area (Å²) >= 11 is 0. The van der Waals surface area contributed by atoms with Gasteiger partial charge in [-0.2, -0.15) is 0 Å². The Bertz CT molecular complexity index is 1600. The van der Waals surface area contributed by atoms with Gasteiger partial charge in [0.15, 0.2) is 5.82 Å². The van der Waals surface area contributed by atoms with Crippen molar-refractivity contribution in [2.45, 2.75) is 13.3 Å². The number of pyridine rings is 1. The molecule has 0 bridgehead atoms. The first-order chi connectivity index (χ1) is 18.3. The molecule has 10 nitrogen and oxygen atoms in total. The lowest BCUT2D eigenvalue weighted by Crippen LogP contribution is -2.44. The number of rotatable bonds is 8. The number of hydrogen-bond acceptors (Lipinski definition) is 8. The standard InChI is InChI=1S/C25H25F2N7O3S/c1-2-9-38(36,37)33-20-4-3-19(26)21(22(20)27)23(35)18-14-30-24-17(18)10-15(11-29-24)16-12-31-25(32-13-16)34-7-5-28-6-8-34/h3-4,10-14,28,33H,2,5-9H2,1H3,(H,29,30). The molecule has 198 valence electrons. The highest BCUT2D eigenvalue weighted by atomic mass is 32.2. The number of fused-ring (bicyclic) bond motifs is 1. The van der Waals surface area contributed by atoms with Crippen LogP contribution >= 0.6 is 0 Å². The van der Waals surface area contributed by atoms with Crippen LogP contribution in [0.2, 0.25) is 0 Å². The average Bonchev–Trinajstić information content (AvgIpc) is 3.34. The van der Waals surface area contributed by atoms with Crippen LogP contribution in [0, 0.1) is 11.6 Å². The fourth-order valence-electron chi connectivity index (χ4n) is 4.31. The predicted molar refractivity (Wildman–Crippen MR) is 140 cm³/mol. The van der Waals surface area contributed by atoms with Crippen molar-refractivity contribution in [3.63, 3.8) is 0 Å². The van der Waals surface area contributed by atoms with Gasteiger partial charge in [-0.1, -0.05) is 6.92 Å². The summed E-state index contributed by atoms with van der Waals surface area (Å²) in [6.45, 7) is 4.96. The minimum Gasteiger partial charge on any atom is -0.345 e. The number of aromatic nitrogens is 4. The number of benzene rings is 1. The monoisotopic (exact) mass is 541 g/mol. The molecule has 0 unspecified atom stereocenters. The lowest BCUT2D eigenvalue weighted by atomic mass is 10.0. The van der Waals surface area contributed by atoms with E-state index in [1.165, 1.54) is 6.20 Å². The summed E-state index contributed by atoms with van der Waals surface area (Å²) < 4.78 is 56.3. The van der Waals surface area contributed by atoms with Crippen LogP contribution in [0.1, 0.15) is 29.3 Å². The van der Waals surface area contributed by atoms with Gasteiger partial charge in [-0.05, 0) is 24.6 Å². The Balaban J connectivity index is 1.48. The van der Waals surface area contributed by atoms with E-state index in [1.54, 1.807) is 31.6 Å². The van der Waals surface area contributed by atoms with Gasteiger partial charge in [-0.25, -0.2) is 32.2 Å². The van der Waals surface area contributed by atoms with Crippen molar-refractivity contribution in [3.05, 3.63) is 65.7 Å². The number of nitrogens with one attached hydrogen (secondary N) is 3. The molecule has 38 heavy (non-hydrogen) atoms. The second-order valence-electron chi connectivity index (χ2n) is 8.87. The van der Waals surface area contributed by atoms with E-state index in [4.69, 9.17) is 0 Å².